The van der Waals surface area contributed by atoms with Gasteiger partial charge in [-0.2, -0.15) is 0 Å². The van der Waals surface area contributed by atoms with Gasteiger partial charge in [-0.3, -0.25) is 14.4 Å². The van der Waals surface area contributed by atoms with Crippen LogP contribution in [0, 0.1) is 0 Å². The van der Waals surface area contributed by atoms with E-state index in [0.717, 1.165) is 0 Å². The summed E-state index contributed by atoms with van der Waals surface area (Å²) in [6.07, 6.45) is 0. The second kappa shape index (κ2) is 9.59. The molecule has 0 unspecified atom stereocenters. The lowest BCUT2D eigenvalue weighted by Gasteiger charge is -2.17. The number of nitrogens with zero attached hydrogens (tertiary/aromatic N) is 2. The van der Waals surface area contributed by atoms with Crippen molar-refractivity contribution in [3.63, 3.8) is 0 Å². The number of aryl methyl sites for hydroxylation is 2. The Bertz CT molecular complexity index is 1250. The smallest absolute Gasteiger partial charge is 0.316 e. The molecule has 9 nitrogen and oxygen atoms in total. The van der Waals surface area contributed by atoms with E-state index < -0.39 is 11.1 Å². The minimum atomic E-state index is -0.641. The van der Waals surface area contributed by atoms with E-state index in [0.29, 0.717) is 59.4 Å². The van der Waals surface area contributed by atoms with E-state index in [4.69, 9.17) is 14.2 Å². The van der Waals surface area contributed by atoms with Gasteiger partial charge in [-0.1, -0.05) is 0 Å². The van der Waals surface area contributed by atoms with Crippen LogP contribution in [0.2, 0.25) is 0 Å². The predicted molar refractivity (Wildman–Crippen MR) is 122 cm³/mol. The number of hydrogen-bond acceptors (Lipinski definition) is 6. The molecule has 1 amide bonds. The third-order valence-corrected chi connectivity index (χ3v) is 4.92. The lowest BCUT2D eigenvalue weighted by atomic mass is 10.1. The zero-order valence-electron chi connectivity index (χ0n) is 18.9. The average Bonchev–Trinajstić information content (AvgIpc) is 2.78. The lowest BCUT2D eigenvalue weighted by Crippen LogP contribution is -2.39. The van der Waals surface area contributed by atoms with Gasteiger partial charge in [0.2, 0.25) is 5.75 Å². The second-order valence-electron chi connectivity index (χ2n) is 6.99. The van der Waals surface area contributed by atoms with Crippen molar-refractivity contribution in [2.75, 3.05) is 25.1 Å². The van der Waals surface area contributed by atoms with Crippen LogP contribution in [0.5, 0.6) is 17.2 Å². The predicted octanol–water partition coefficient (Wildman–Crippen LogP) is 2.69. The largest absolute Gasteiger partial charge is 0.490 e. The number of aromatic nitrogens is 2. The van der Waals surface area contributed by atoms with Gasteiger partial charge in [0.25, 0.3) is 5.91 Å². The van der Waals surface area contributed by atoms with Gasteiger partial charge in [-0.15, -0.1) is 0 Å². The maximum absolute atomic E-state index is 13.0. The van der Waals surface area contributed by atoms with Crippen LogP contribution in [0.4, 0.5) is 5.69 Å². The topological polar surface area (TPSA) is 101 Å². The molecule has 3 rings (SSSR count). The maximum atomic E-state index is 13.0. The lowest BCUT2D eigenvalue weighted by molar-refractivity contribution is 0.102. The van der Waals surface area contributed by atoms with E-state index >= 15 is 0 Å². The summed E-state index contributed by atoms with van der Waals surface area (Å²) in [6, 6.07) is 8.21. The van der Waals surface area contributed by atoms with Crippen LogP contribution in [0.15, 0.2) is 39.9 Å². The third-order valence-electron chi connectivity index (χ3n) is 4.92. The zero-order chi connectivity index (χ0) is 23.4. The van der Waals surface area contributed by atoms with Crippen LogP contribution in [-0.2, 0) is 14.1 Å². The van der Waals surface area contributed by atoms with E-state index in [2.05, 4.69) is 5.32 Å². The van der Waals surface area contributed by atoms with Crippen LogP contribution >= 0.6 is 0 Å². The van der Waals surface area contributed by atoms with Crippen molar-refractivity contribution >= 4 is 22.6 Å². The van der Waals surface area contributed by atoms with Crippen molar-refractivity contribution in [3.8, 4) is 17.2 Å². The van der Waals surface area contributed by atoms with Crippen molar-refractivity contribution in [3.05, 3.63) is 56.6 Å². The van der Waals surface area contributed by atoms with Gasteiger partial charge in [0.05, 0.1) is 30.9 Å². The Kier molecular flexibility index (Phi) is 6.87. The Labute approximate surface area is 185 Å². The van der Waals surface area contributed by atoms with Crippen molar-refractivity contribution < 1.29 is 19.0 Å². The van der Waals surface area contributed by atoms with Crippen molar-refractivity contribution in [2.45, 2.75) is 20.8 Å². The van der Waals surface area contributed by atoms with Crippen LogP contribution < -0.4 is 30.6 Å². The highest BCUT2D eigenvalue weighted by Crippen LogP contribution is 2.39. The number of benzene rings is 2. The van der Waals surface area contributed by atoms with E-state index in [-0.39, 0.29) is 5.91 Å². The van der Waals surface area contributed by atoms with Gasteiger partial charge >= 0.3 is 11.1 Å². The first-order valence-electron chi connectivity index (χ1n) is 10.4. The monoisotopic (exact) mass is 441 g/mol. The Hall–Kier alpha value is -3.75. The standard InChI is InChI=1S/C23H27N3O6/c1-6-30-18-11-14(12-19(31-7-2)20(18)32-8-3)21(27)24-15-9-10-16-17(13-15)26(5)23(29)22(28)25(16)4/h9-13H,6-8H2,1-5H3,(H,24,27). The van der Waals surface area contributed by atoms with E-state index in [9.17, 15) is 14.4 Å². The molecule has 0 spiro atoms. The molecular weight excluding hydrogens is 414 g/mol. The zero-order valence-corrected chi connectivity index (χ0v) is 18.9. The van der Waals surface area contributed by atoms with E-state index in [1.165, 1.54) is 23.2 Å². The van der Waals surface area contributed by atoms with Gasteiger partial charge in [0.1, 0.15) is 0 Å². The molecule has 32 heavy (non-hydrogen) atoms. The first kappa shape index (κ1) is 22.9. The third kappa shape index (κ3) is 4.32. The van der Waals surface area contributed by atoms with Crippen molar-refractivity contribution in [1.82, 2.24) is 9.13 Å². The first-order valence-corrected chi connectivity index (χ1v) is 10.4. The number of anilines is 1. The fourth-order valence-corrected chi connectivity index (χ4v) is 3.38. The molecule has 0 aliphatic rings. The molecule has 1 heterocycles. The van der Waals surface area contributed by atoms with Gasteiger partial charge in [0.15, 0.2) is 11.5 Å². The molecule has 0 aliphatic carbocycles. The minimum Gasteiger partial charge on any atom is -0.490 e. The molecule has 0 saturated carbocycles. The summed E-state index contributed by atoms with van der Waals surface area (Å²) in [7, 11) is 3.06. The SMILES string of the molecule is CCOc1cc(C(=O)Nc2ccc3c(c2)n(C)c(=O)c(=O)n3C)cc(OCC)c1OCC. The normalized spacial score (nSPS) is 10.8. The summed E-state index contributed by atoms with van der Waals surface area (Å²) in [5.41, 5.74) is 0.645. The molecule has 1 N–H and O–H groups in total. The second-order valence-corrected chi connectivity index (χ2v) is 6.99. The molecule has 0 aliphatic heterocycles. The number of amides is 1. The average molecular weight is 441 g/mol. The fourth-order valence-electron chi connectivity index (χ4n) is 3.38. The summed E-state index contributed by atoms with van der Waals surface area (Å²) >= 11 is 0. The van der Waals surface area contributed by atoms with Gasteiger partial charge in [-0.05, 0) is 51.1 Å². The highest BCUT2D eigenvalue weighted by atomic mass is 16.5. The fraction of sp³-hybridized carbons (Fsp3) is 0.348. The quantitative estimate of drug-likeness (QED) is 0.540. The highest BCUT2D eigenvalue weighted by Gasteiger charge is 2.19. The maximum Gasteiger partial charge on any atom is 0.316 e. The molecule has 0 atom stereocenters. The molecule has 0 fully saturated rings. The number of carbonyl (C=O) groups excluding carboxylic acids is 1. The Morgan fingerprint density at radius 2 is 1.34 bits per heavy atom. The molecule has 2 aromatic carbocycles. The van der Waals surface area contributed by atoms with Crippen LogP contribution in [0.1, 0.15) is 31.1 Å². The number of rotatable bonds is 8. The van der Waals surface area contributed by atoms with E-state index in [1.54, 1.807) is 30.3 Å². The summed E-state index contributed by atoms with van der Waals surface area (Å²) in [6.45, 7) is 6.76. The Morgan fingerprint density at radius 3 is 1.88 bits per heavy atom. The minimum absolute atomic E-state index is 0.329. The molecule has 0 radical (unpaired) electrons. The number of hydrogen-bond donors (Lipinski definition) is 1. The number of carbonyl (C=O) groups is 1. The van der Waals surface area contributed by atoms with Gasteiger partial charge in [0, 0.05) is 25.3 Å². The molecule has 9 heteroatoms. The molecular formula is C23H27N3O6. The van der Waals surface area contributed by atoms with E-state index in [1.807, 2.05) is 20.8 Å². The Balaban J connectivity index is 2.01. The molecule has 170 valence electrons. The van der Waals surface area contributed by atoms with Gasteiger partial charge < -0.3 is 28.7 Å². The molecule has 3 aromatic rings. The van der Waals surface area contributed by atoms with Crippen molar-refractivity contribution in [1.29, 1.82) is 0 Å². The number of nitrogens with one attached hydrogen (secondary N) is 1. The van der Waals surface area contributed by atoms with Crippen molar-refractivity contribution in [2.24, 2.45) is 14.1 Å². The van der Waals surface area contributed by atoms with Crippen LogP contribution in [0.3, 0.4) is 0 Å². The molecule has 0 saturated heterocycles. The first-order chi connectivity index (χ1) is 15.3. The summed E-state index contributed by atoms with van der Waals surface area (Å²) in [5, 5.41) is 2.83. The molecule has 1 aromatic heterocycles. The van der Waals surface area contributed by atoms with Crippen LogP contribution in [-0.4, -0.2) is 34.9 Å². The van der Waals surface area contributed by atoms with Crippen LogP contribution in [0.25, 0.3) is 11.0 Å². The summed E-state index contributed by atoms with van der Waals surface area (Å²) in [4.78, 5) is 37.2. The summed E-state index contributed by atoms with van der Waals surface area (Å²) in [5.74, 6) is 0.904. The molecule has 0 bridgehead atoms. The highest BCUT2D eigenvalue weighted by molar-refractivity contribution is 6.05. The Morgan fingerprint density at radius 1 is 0.812 bits per heavy atom. The number of fused-ring (bicyclic) bond motifs is 1. The summed E-state index contributed by atoms with van der Waals surface area (Å²) < 4.78 is 19.6. The number of ether oxygens (including phenoxy) is 3. The van der Waals surface area contributed by atoms with Gasteiger partial charge in [-0.25, -0.2) is 0 Å².